The molecule has 2 heterocycles. The van der Waals surface area contributed by atoms with Gasteiger partial charge in [-0.3, -0.25) is 4.79 Å². The summed E-state index contributed by atoms with van der Waals surface area (Å²) >= 11 is 0. The standard InChI is InChI=1S/C12H18N4O4/c1-7(10-13-3-4-14-10)15-12(19)16(2)9-6-20-5-8(9)11(17)18/h3-4,7-9H,5-6H2,1-2H3,(H,13,14)(H,15,19)(H,17,18). The van der Waals surface area contributed by atoms with Gasteiger partial charge in [-0.1, -0.05) is 0 Å². The highest BCUT2D eigenvalue weighted by Crippen LogP contribution is 2.19. The summed E-state index contributed by atoms with van der Waals surface area (Å²) in [7, 11) is 1.57. The maximum Gasteiger partial charge on any atom is 0.318 e. The predicted octanol–water partition coefficient (Wildman–Crippen LogP) is 0.212. The van der Waals surface area contributed by atoms with Crippen LogP contribution in [0.15, 0.2) is 12.4 Å². The number of ether oxygens (including phenoxy) is 1. The fraction of sp³-hybridized carbons (Fsp3) is 0.583. The smallest absolute Gasteiger partial charge is 0.318 e. The van der Waals surface area contributed by atoms with Crippen molar-refractivity contribution in [2.45, 2.75) is 19.0 Å². The molecule has 3 N–H and O–H groups in total. The van der Waals surface area contributed by atoms with Crippen molar-refractivity contribution in [1.82, 2.24) is 20.2 Å². The zero-order chi connectivity index (χ0) is 14.7. The molecule has 3 unspecified atom stereocenters. The zero-order valence-electron chi connectivity index (χ0n) is 11.4. The van der Waals surface area contributed by atoms with E-state index in [4.69, 9.17) is 9.84 Å². The Labute approximate surface area is 116 Å². The first kappa shape index (κ1) is 14.3. The number of amides is 2. The minimum Gasteiger partial charge on any atom is -0.481 e. The van der Waals surface area contributed by atoms with Crippen LogP contribution >= 0.6 is 0 Å². The summed E-state index contributed by atoms with van der Waals surface area (Å²) in [4.78, 5) is 31.6. The van der Waals surface area contributed by atoms with Crippen LogP contribution < -0.4 is 5.32 Å². The van der Waals surface area contributed by atoms with E-state index in [1.807, 2.05) is 0 Å². The second kappa shape index (κ2) is 5.91. The number of nitrogens with zero attached hydrogens (tertiary/aromatic N) is 2. The number of imidazole rings is 1. The van der Waals surface area contributed by atoms with Gasteiger partial charge in [0.05, 0.1) is 25.3 Å². The first-order chi connectivity index (χ1) is 9.50. The van der Waals surface area contributed by atoms with E-state index >= 15 is 0 Å². The molecule has 1 aromatic rings. The van der Waals surface area contributed by atoms with Crippen molar-refractivity contribution in [1.29, 1.82) is 0 Å². The SMILES string of the molecule is CC(NC(=O)N(C)C1COCC1C(=O)O)c1ncc[nH]1. The normalized spacial score (nSPS) is 23.3. The van der Waals surface area contributed by atoms with E-state index in [9.17, 15) is 9.59 Å². The van der Waals surface area contributed by atoms with E-state index in [-0.39, 0.29) is 25.3 Å². The molecule has 2 amide bonds. The van der Waals surface area contributed by atoms with Crippen LogP contribution in [0.4, 0.5) is 4.79 Å². The van der Waals surface area contributed by atoms with Gasteiger partial charge in [0, 0.05) is 19.4 Å². The maximum absolute atomic E-state index is 12.1. The number of rotatable bonds is 4. The van der Waals surface area contributed by atoms with Crippen LogP contribution in [0.5, 0.6) is 0 Å². The summed E-state index contributed by atoms with van der Waals surface area (Å²) < 4.78 is 5.16. The Morgan fingerprint density at radius 3 is 2.95 bits per heavy atom. The van der Waals surface area contributed by atoms with Crippen molar-refractivity contribution in [3.05, 3.63) is 18.2 Å². The Balaban J connectivity index is 1.96. The largest absolute Gasteiger partial charge is 0.481 e. The number of carboxylic acids is 1. The molecule has 110 valence electrons. The highest BCUT2D eigenvalue weighted by Gasteiger charge is 2.38. The molecule has 0 saturated carbocycles. The zero-order valence-corrected chi connectivity index (χ0v) is 11.4. The molecule has 1 saturated heterocycles. The lowest BCUT2D eigenvalue weighted by Gasteiger charge is -2.27. The van der Waals surface area contributed by atoms with E-state index in [2.05, 4.69) is 15.3 Å². The number of H-pyrrole nitrogens is 1. The third-order valence-corrected chi connectivity index (χ3v) is 3.46. The Hall–Kier alpha value is -2.09. The number of carbonyl (C=O) groups excluding carboxylic acids is 1. The van der Waals surface area contributed by atoms with Crippen molar-refractivity contribution in [3.63, 3.8) is 0 Å². The number of carbonyl (C=O) groups is 2. The molecule has 1 aromatic heterocycles. The Morgan fingerprint density at radius 2 is 2.35 bits per heavy atom. The number of carboxylic acid groups (broad SMARTS) is 1. The molecular formula is C12H18N4O4. The van der Waals surface area contributed by atoms with Crippen LogP contribution in [0.25, 0.3) is 0 Å². The molecule has 8 heteroatoms. The number of aromatic amines is 1. The van der Waals surface area contributed by atoms with Gasteiger partial charge in [-0.05, 0) is 6.92 Å². The molecular weight excluding hydrogens is 264 g/mol. The van der Waals surface area contributed by atoms with E-state index in [0.29, 0.717) is 5.82 Å². The summed E-state index contributed by atoms with van der Waals surface area (Å²) in [6, 6.07) is -1.10. The van der Waals surface area contributed by atoms with Crippen LogP contribution in [-0.2, 0) is 9.53 Å². The van der Waals surface area contributed by atoms with Gasteiger partial charge in [-0.15, -0.1) is 0 Å². The Bertz CT molecular complexity index is 476. The third kappa shape index (κ3) is 2.90. The molecule has 20 heavy (non-hydrogen) atoms. The predicted molar refractivity (Wildman–Crippen MR) is 69.0 cm³/mol. The van der Waals surface area contributed by atoms with Gasteiger partial charge in [-0.2, -0.15) is 0 Å². The molecule has 3 atom stereocenters. The molecule has 0 spiro atoms. The lowest BCUT2D eigenvalue weighted by Crippen LogP contribution is -2.48. The molecule has 8 nitrogen and oxygen atoms in total. The van der Waals surface area contributed by atoms with Gasteiger partial charge in [0.2, 0.25) is 0 Å². The van der Waals surface area contributed by atoms with Crippen LogP contribution in [-0.4, -0.2) is 58.3 Å². The van der Waals surface area contributed by atoms with E-state index in [1.165, 1.54) is 4.90 Å². The summed E-state index contributed by atoms with van der Waals surface area (Å²) in [6.45, 7) is 2.16. The number of aliphatic carboxylic acids is 1. The molecule has 1 aliphatic heterocycles. The second-order valence-corrected chi connectivity index (χ2v) is 4.81. The highest BCUT2D eigenvalue weighted by atomic mass is 16.5. The van der Waals surface area contributed by atoms with Crippen LogP contribution in [0.2, 0.25) is 0 Å². The van der Waals surface area contributed by atoms with Crippen molar-refractivity contribution in [3.8, 4) is 0 Å². The number of urea groups is 1. The molecule has 2 rings (SSSR count). The first-order valence-corrected chi connectivity index (χ1v) is 6.34. The lowest BCUT2D eigenvalue weighted by atomic mass is 10.0. The van der Waals surface area contributed by atoms with Gasteiger partial charge in [-0.25, -0.2) is 9.78 Å². The topological polar surface area (TPSA) is 108 Å². The lowest BCUT2D eigenvalue weighted by molar-refractivity contribution is -0.142. The number of hydrogen-bond acceptors (Lipinski definition) is 4. The van der Waals surface area contributed by atoms with Crippen molar-refractivity contribution in [2.24, 2.45) is 5.92 Å². The fourth-order valence-electron chi connectivity index (χ4n) is 2.18. The van der Waals surface area contributed by atoms with Gasteiger partial charge < -0.3 is 25.0 Å². The molecule has 0 aliphatic carbocycles. The number of likely N-dealkylation sites (N-methyl/N-ethyl adjacent to an activating group) is 1. The summed E-state index contributed by atoms with van der Waals surface area (Å²) in [6.07, 6.45) is 3.28. The monoisotopic (exact) mass is 282 g/mol. The quantitative estimate of drug-likeness (QED) is 0.731. The van der Waals surface area contributed by atoms with Gasteiger partial charge >= 0.3 is 12.0 Å². The summed E-state index contributed by atoms with van der Waals surface area (Å²) in [5.74, 6) is -1.000. The number of hydrogen-bond donors (Lipinski definition) is 3. The minimum absolute atomic E-state index is 0.130. The van der Waals surface area contributed by atoms with E-state index in [1.54, 1.807) is 26.4 Å². The van der Waals surface area contributed by atoms with Crippen LogP contribution in [0, 0.1) is 5.92 Å². The maximum atomic E-state index is 12.1. The van der Waals surface area contributed by atoms with E-state index in [0.717, 1.165) is 0 Å². The molecule has 1 fully saturated rings. The summed E-state index contributed by atoms with van der Waals surface area (Å²) in [5, 5.41) is 11.9. The first-order valence-electron chi connectivity index (χ1n) is 6.34. The van der Waals surface area contributed by atoms with Gasteiger partial charge in [0.25, 0.3) is 0 Å². The number of nitrogens with one attached hydrogen (secondary N) is 2. The average Bonchev–Trinajstić information content (AvgIpc) is 3.08. The molecule has 0 aromatic carbocycles. The number of aromatic nitrogens is 2. The van der Waals surface area contributed by atoms with Gasteiger partial charge in [0.15, 0.2) is 0 Å². The average molecular weight is 282 g/mol. The van der Waals surface area contributed by atoms with Gasteiger partial charge in [0.1, 0.15) is 11.7 Å². The molecule has 1 aliphatic rings. The highest BCUT2D eigenvalue weighted by molar-refractivity contribution is 5.77. The van der Waals surface area contributed by atoms with Crippen molar-refractivity contribution in [2.75, 3.05) is 20.3 Å². The van der Waals surface area contributed by atoms with Crippen molar-refractivity contribution < 1.29 is 19.4 Å². The third-order valence-electron chi connectivity index (χ3n) is 3.46. The van der Waals surface area contributed by atoms with Crippen molar-refractivity contribution >= 4 is 12.0 Å². The molecule has 0 radical (unpaired) electrons. The second-order valence-electron chi connectivity index (χ2n) is 4.81. The van der Waals surface area contributed by atoms with Crippen LogP contribution in [0.1, 0.15) is 18.8 Å². The summed E-state index contributed by atoms with van der Waals surface area (Å²) in [5.41, 5.74) is 0. The minimum atomic E-state index is -0.953. The van der Waals surface area contributed by atoms with E-state index < -0.39 is 17.9 Å². The Kier molecular flexibility index (Phi) is 4.23. The molecule has 0 bridgehead atoms. The Morgan fingerprint density at radius 1 is 1.60 bits per heavy atom. The van der Waals surface area contributed by atoms with Crippen LogP contribution in [0.3, 0.4) is 0 Å². The fourth-order valence-corrected chi connectivity index (χ4v) is 2.18.